The zero-order valence-corrected chi connectivity index (χ0v) is 15.2. The van der Waals surface area contributed by atoms with Gasteiger partial charge in [0, 0.05) is 25.0 Å². The Morgan fingerprint density at radius 1 is 1.11 bits per heavy atom. The summed E-state index contributed by atoms with van der Waals surface area (Å²) in [7, 11) is 1.52. The smallest absolute Gasteiger partial charge is 0.434 e. The summed E-state index contributed by atoms with van der Waals surface area (Å²) in [6.45, 7) is 0.211. The van der Waals surface area contributed by atoms with E-state index in [0.717, 1.165) is 11.8 Å². The zero-order valence-electron chi connectivity index (χ0n) is 14.5. The standard InChI is InChI=1S/C18H13ClF3N5O/c1-26-9-14(18(20,21)22)23-15(26)12-6-4-11(5-7-12)10-28-16-13-3-2-8-27(13)25-17(19)24-16/h2-9H,10H2,1H3. The van der Waals surface area contributed by atoms with E-state index in [2.05, 4.69) is 15.1 Å². The van der Waals surface area contributed by atoms with Crippen LogP contribution < -0.4 is 4.74 Å². The molecule has 3 aromatic heterocycles. The Kier molecular flexibility index (Phi) is 4.46. The van der Waals surface area contributed by atoms with Gasteiger partial charge in [-0.15, -0.1) is 5.10 Å². The van der Waals surface area contributed by atoms with Gasteiger partial charge < -0.3 is 9.30 Å². The van der Waals surface area contributed by atoms with E-state index >= 15 is 0 Å². The van der Waals surface area contributed by atoms with Crippen LogP contribution in [0.1, 0.15) is 11.3 Å². The van der Waals surface area contributed by atoms with Gasteiger partial charge >= 0.3 is 6.18 Å². The topological polar surface area (TPSA) is 57.2 Å². The molecular weight excluding hydrogens is 395 g/mol. The van der Waals surface area contributed by atoms with E-state index in [4.69, 9.17) is 16.3 Å². The van der Waals surface area contributed by atoms with E-state index in [1.807, 2.05) is 0 Å². The lowest BCUT2D eigenvalue weighted by Gasteiger charge is -2.08. The minimum atomic E-state index is -4.48. The van der Waals surface area contributed by atoms with Gasteiger partial charge in [-0.2, -0.15) is 18.2 Å². The number of nitrogens with zero attached hydrogens (tertiary/aromatic N) is 5. The quantitative estimate of drug-likeness (QED) is 0.503. The Balaban J connectivity index is 1.52. The number of alkyl halides is 3. The average molecular weight is 408 g/mol. The number of ether oxygens (including phenoxy) is 1. The molecule has 0 saturated carbocycles. The minimum Gasteiger partial charge on any atom is -0.471 e. The van der Waals surface area contributed by atoms with Crippen molar-refractivity contribution in [1.82, 2.24) is 24.1 Å². The number of aromatic nitrogens is 5. The summed E-state index contributed by atoms with van der Waals surface area (Å²) in [5, 5.41) is 4.09. The van der Waals surface area contributed by atoms with E-state index in [1.54, 1.807) is 47.1 Å². The Hall–Kier alpha value is -3.07. The lowest BCUT2D eigenvalue weighted by Crippen LogP contribution is -2.04. The van der Waals surface area contributed by atoms with E-state index in [-0.39, 0.29) is 17.7 Å². The molecule has 0 aliphatic rings. The molecule has 0 amide bonds. The van der Waals surface area contributed by atoms with Crippen molar-refractivity contribution in [3.63, 3.8) is 0 Å². The molecule has 1 aromatic carbocycles. The van der Waals surface area contributed by atoms with Crippen molar-refractivity contribution in [2.45, 2.75) is 12.8 Å². The van der Waals surface area contributed by atoms with Crippen LogP contribution in [0.25, 0.3) is 16.9 Å². The molecule has 0 bridgehead atoms. The normalized spacial score (nSPS) is 11.9. The molecular formula is C18H13ClF3N5O. The Labute approximate surface area is 162 Å². The van der Waals surface area contributed by atoms with E-state index in [0.29, 0.717) is 17.0 Å². The number of hydrogen-bond donors (Lipinski definition) is 0. The first-order chi connectivity index (χ1) is 13.3. The number of rotatable bonds is 4. The number of aryl methyl sites for hydroxylation is 1. The van der Waals surface area contributed by atoms with Crippen LogP contribution >= 0.6 is 11.6 Å². The largest absolute Gasteiger partial charge is 0.471 e. The lowest BCUT2D eigenvalue weighted by molar-refractivity contribution is -0.140. The highest BCUT2D eigenvalue weighted by Gasteiger charge is 2.34. The third-order valence-electron chi connectivity index (χ3n) is 4.09. The van der Waals surface area contributed by atoms with Crippen LogP contribution in [0.5, 0.6) is 5.88 Å². The third kappa shape index (κ3) is 3.53. The Bertz CT molecular complexity index is 1130. The van der Waals surface area contributed by atoms with Gasteiger partial charge in [-0.3, -0.25) is 0 Å². The van der Waals surface area contributed by atoms with E-state index in [9.17, 15) is 13.2 Å². The van der Waals surface area contributed by atoms with E-state index < -0.39 is 11.9 Å². The predicted octanol–water partition coefficient (Wildman–Crippen LogP) is 4.38. The van der Waals surface area contributed by atoms with Gasteiger partial charge in [0.15, 0.2) is 5.69 Å². The van der Waals surface area contributed by atoms with Crippen LogP contribution in [0.4, 0.5) is 13.2 Å². The zero-order chi connectivity index (χ0) is 19.9. The van der Waals surface area contributed by atoms with Crippen molar-refractivity contribution in [3.05, 3.63) is 65.3 Å². The summed E-state index contributed by atoms with van der Waals surface area (Å²) in [6, 6.07) is 10.5. The van der Waals surface area contributed by atoms with Gasteiger partial charge in [0.2, 0.25) is 11.2 Å². The molecule has 0 atom stereocenters. The molecule has 6 nitrogen and oxygen atoms in total. The highest BCUT2D eigenvalue weighted by molar-refractivity contribution is 6.28. The van der Waals surface area contributed by atoms with Gasteiger partial charge in [-0.05, 0) is 29.3 Å². The summed E-state index contributed by atoms with van der Waals surface area (Å²) in [5.74, 6) is 0.574. The molecule has 0 radical (unpaired) electrons. The van der Waals surface area contributed by atoms with Crippen LogP contribution in [-0.2, 0) is 19.8 Å². The SMILES string of the molecule is Cn1cc(C(F)(F)F)nc1-c1ccc(COc2nc(Cl)nn3cccc23)cc1. The van der Waals surface area contributed by atoms with Gasteiger partial charge in [0.05, 0.1) is 0 Å². The van der Waals surface area contributed by atoms with Crippen molar-refractivity contribution in [3.8, 4) is 17.3 Å². The third-order valence-corrected chi connectivity index (χ3v) is 4.25. The molecule has 4 aromatic rings. The molecule has 0 saturated heterocycles. The summed E-state index contributed by atoms with van der Waals surface area (Å²) in [4.78, 5) is 7.77. The number of benzene rings is 1. The van der Waals surface area contributed by atoms with Crippen molar-refractivity contribution in [2.75, 3.05) is 0 Å². The molecule has 3 heterocycles. The molecule has 0 fully saturated rings. The minimum absolute atomic E-state index is 0.0595. The van der Waals surface area contributed by atoms with Crippen molar-refractivity contribution in [2.24, 2.45) is 7.05 Å². The first-order valence-corrected chi connectivity index (χ1v) is 8.52. The number of fused-ring (bicyclic) bond motifs is 1. The van der Waals surface area contributed by atoms with Crippen molar-refractivity contribution < 1.29 is 17.9 Å². The molecule has 0 spiro atoms. The van der Waals surface area contributed by atoms with Gasteiger partial charge in [-0.25, -0.2) is 9.50 Å². The molecule has 144 valence electrons. The fraction of sp³-hybridized carbons (Fsp3) is 0.167. The maximum Gasteiger partial charge on any atom is 0.434 e. The number of imidazole rings is 1. The first kappa shape index (κ1) is 18.3. The van der Waals surface area contributed by atoms with Gasteiger partial charge in [0.25, 0.3) is 0 Å². The second-order valence-electron chi connectivity index (χ2n) is 6.07. The fourth-order valence-electron chi connectivity index (χ4n) is 2.76. The Morgan fingerprint density at radius 3 is 2.54 bits per heavy atom. The lowest BCUT2D eigenvalue weighted by atomic mass is 10.1. The second-order valence-corrected chi connectivity index (χ2v) is 6.41. The summed E-state index contributed by atoms with van der Waals surface area (Å²) in [5.41, 5.74) is 1.14. The predicted molar refractivity (Wildman–Crippen MR) is 96.0 cm³/mol. The highest BCUT2D eigenvalue weighted by Crippen LogP contribution is 2.30. The average Bonchev–Trinajstić information content (AvgIpc) is 3.26. The van der Waals surface area contributed by atoms with Crippen LogP contribution in [0.15, 0.2) is 48.8 Å². The molecule has 0 N–H and O–H groups in total. The summed E-state index contributed by atoms with van der Waals surface area (Å²) >= 11 is 5.89. The van der Waals surface area contributed by atoms with Crippen LogP contribution in [0.2, 0.25) is 5.28 Å². The first-order valence-electron chi connectivity index (χ1n) is 8.15. The molecule has 10 heteroatoms. The summed E-state index contributed by atoms with van der Waals surface area (Å²) in [6.07, 6.45) is -1.78. The monoisotopic (exact) mass is 407 g/mol. The Morgan fingerprint density at radius 2 is 1.86 bits per heavy atom. The highest BCUT2D eigenvalue weighted by atomic mass is 35.5. The molecule has 0 aliphatic carbocycles. The van der Waals surface area contributed by atoms with Crippen molar-refractivity contribution in [1.29, 1.82) is 0 Å². The molecule has 4 rings (SSSR count). The van der Waals surface area contributed by atoms with Crippen LogP contribution in [0, 0.1) is 0 Å². The maximum atomic E-state index is 12.8. The second kappa shape index (κ2) is 6.83. The van der Waals surface area contributed by atoms with Crippen LogP contribution in [0.3, 0.4) is 0 Å². The molecule has 0 unspecified atom stereocenters. The van der Waals surface area contributed by atoms with Gasteiger partial charge in [0.1, 0.15) is 17.9 Å². The van der Waals surface area contributed by atoms with Crippen LogP contribution in [-0.4, -0.2) is 24.1 Å². The summed E-state index contributed by atoms with van der Waals surface area (Å²) < 4.78 is 47.1. The fourth-order valence-corrected chi connectivity index (χ4v) is 2.92. The number of hydrogen-bond acceptors (Lipinski definition) is 4. The number of halogens is 4. The van der Waals surface area contributed by atoms with E-state index in [1.165, 1.54) is 11.6 Å². The molecule has 0 aliphatic heterocycles. The molecule has 28 heavy (non-hydrogen) atoms. The maximum absolute atomic E-state index is 12.8. The van der Waals surface area contributed by atoms with Gasteiger partial charge in [-0.1, -0.05) is 24.3 Å². The van der Waals surface area contributed by atoms with Crippen molar-refractivity contribution >= 4 is 17.1 Å².